The first kappa shape index (κ1) is 14.0. The normalized spacial score (nSPS) is 17.8. The predicted octanol–water partition coefficient (Wildman–Crippen LogP) is 3.49. The Morgan fingerprint density at radius 1 is 1.44 bits per heavy atom. The molecule has 3 heteroatoms. The van der Waals surface area contributed by atoms with Crippen molar-refractivity contribution in [1.82, 2.24) is 4.90 Å². The lowest BCUT2D eigenvalue weighted by Gasteiger charge is -2.35. The number of nitrogens with zero attached hydrogens (tertiary/aromatic N) is 1. The number of rotatable bonds is 5. The summed E-state index contributed by atoms with van der Waals surface area (Å²) < 4.78 is 1.18. The standard InChI is InChI=1S/C15H23BrN2/c1-11-6-7-13(14(16)8-11)15(9-17)18(2)10-12-4-3-5-12/h6-8,12,15H,3-5,9-10,17H2,1-2H3. The number of benzene rings is 1. The van der Waals surface area contributed by atoms with Gasteiger partial charge in [0.25, 0.3) is 0 Å². The van der Waals surface area contributed by atoms with Gasteiger partial charge in [-0.2, -0.15) is 0 Å². The van der Waals surface area contributed by atoms with E-state index in [4.69, 9.17) is 5.73 Å². The average Bonchev–Trinajstić information content (AvgIpc) is 2.27. The van der Waals surface area contributed by atoms with Gasteiger partial charge in [-0.3, -0.25) is 4.90 Å². The van der Waals surface area contributed by atoms with Gasteiger partial charge >= 0.3 is 0 Å². The van der Waals surface area contributed by atoms with E-state index in [2.05, 4.69) is 53.0 Å². The molecule has 1 aromatic carbocycles. The first-order valence-electron chi connectivity index (χ1n) is 6.78. The summed E-state index contributed by atoms with van der Waals surface area (Å²) >= 11 is 3.67. The second kappa shape index (κ2) is 6.18. The van der Waals surface area contributed by atoms with Gasteiger partial charge in [-0.15, -0.1) is 0 Å². The molecule has 0 spiro atoms. The molecule has 1 aromatic rings. The molecule has 1 aliphatic rings. The molecule has 0 aromatic heterocycles. The van der Waals surface area contributed by atoms with Gasteiger partial charge in [-0.25, -0.2) is 0 Å². The Bertz CT molecular complexity index is 401. The summed E-state index contributed by atoms with van der Waals surface area (Å²) in [5.74, 6) is 0.883. The number of halogens is 1. The van der Waals surface area contributed by atoms with E-state index in [0.717, 1.165) is 5.92 Å². The Balaban J connectivity index is 2.10. The van der Waals surface area contributed by atoms with Gasteiger partial charge in [-0.05, 0) is 49.9 Å². The van der Waals surface area contributed by atoms with Crippen LogP contribution < -0.4 is 5.73 Å². The summed E-state index contributed by atoms with van der Waals surface area (Å²) in [4.78, 5) is 2.42. The average molecular weight is 311 g/mol. The smallest absolute Gasteiger partial charge is 0.0478 e. The van der Waals surface area contributed by atoms with E-state index in [9.17, 15) is 0 Å². The van der Waals surface area contributed by atoms with Crippen LogP contribution in [0.1, 0.15) is 36.4 Å². The molecule has 1 fully saturated rings. The molecule has 1 saturated carbocycles. The van der Waals surface area contributed by atoms with Crippen LogP contribution in [0.15, 0.2) is 22.7 Å². The fourth-order valence-corrected chi connectivity index (χ4v) is 3.41. The van der Waals surface area contributed by atoms with Gasteiger partial charge in [0.1, 0.15) is 0 Å². The van der Waals surface area contributed by atoms with Crippen molar-refractivity contribution in [2.75, 3.05) is 20.1 Å². The third-order valence-corrected chi connectivity index (χ3v) is 4.73. The highest BCUT2D eigenvalue weighted by Gasteiger charge is 2.24. The molecular formula is C15H23BrN2. The molecule has 2 rings (SSSR count). The predicted molar refractivity (Wildman–Crippen MR) is 80.6 cm³/mol. The van der Waals surface area contributed by atoms with E-state index in [0.29, 0.717) is 12.6 Å². The number of aryl methyl sites for hydroxylation is 1. The lowest BCUT2D eigenvalue weighted by Crippen LogP contribution is -2.36. The molecule has 0 saturated heterocycles. The maximum absolute atomic E-state index is 5.99. The lowest BCUT2D eigenvalue weighted by atomic mass is 9.84. The van der Waals surface area contributed by atoms with Crippen molar-refractivity contribution < 1.29 is 0 Å². The minimum absolute atomic E-state index is 0.320. The highest BCUT2D eigenvalue weighted by atomic mass is 79.9. The lowest BCUT2D eigenvalue weighted by molar-refractivity contribution is 0.164. The van der Waals surface area contributed by atoms with Crippen LogP contribution in [0.4, 0.5) is 0 Å². The minimum atomic E-state index is 0.320. The van der Waals surface area contributed by atoms with Crippen LogP contribution in [0.2, 0.25) is 0 Å². The van der Waals surface area contributed by atoms with Crippen molar-refractivity contribution in [3.63, 3.8) is 0 Å². The maximum atomic E-state index is 5.99. The highest BCUT2D eigenvalue weighted by Crippen LogP contribution is 2.32. The third kappa shape index (κ3) is 3.14. The van der Waals surface area contributed by atoms with Crippen molar-refractivity contribution >= 4 is 15.9 Å². The number of hydrogen-bond acceptors (Lipinski definition) is 2. The van der Waals surface area contributed by atoms with Crippen LogP contribution in [0.25, 0.3) is 0 Å². The fraction of sp³-hybridized carbons (Fsp3) is 0.600. The minimum Gasteiger partial charge on any atom is -0.329 e. The molecule has 2 nitrogen and oxygen atoms in total. The molecule has 18 heavy (non-hydrogen) atoms. The molecule has 0 aliphatic heterocycles. The molecule has 100 valence electrons. The third-order valence-electron chi connectivity index (χ3n) is 4.04. The first-order valence-corrected chi connectivity index (χ1v) is 7.57. The Labute approximate surface area is 119 Å². The topological polar surface area (TPSA) is 29.3 Å². The molecule has 2 N–H and O–H groups in total. The summed E-state index contributed by atoms with van der Waals surface area (Å²) in [5.41, 5.74) is 8.58. The van der Waals surface area contributed by atoms with E-state index >= 15 is 0 Å². The van der Waals surface area contributed by atoms with Gasteiger partial charge in [0.15, 0.2) is 0 Å². The number of likely N-dealkylation sites (N-methyl/N-ethyl adjacent to an activating group) is 1. The van der Waals surface area contributed by atoms with Crippen LogP contribution in [0, 0.1) is 12.8 Å². The summed E-state index contributed by atoms with van der Waals surface area (Å²) in [6, 6.07) is 6.86. The summed E-state index contributed by atoms with van der Waals surface area (Å²) in [7, 11) is 2.20. The van der Waals surface area contributed by atoms with Crippen molar-refractivity contribution in [3.8, 4) is 0 Å². The quantitative estimate of drug-likeness (QED) is 0.902. The van der Waals surface area contributed by atoms with Crippen molar-refractivity contribution in [2.45, 2.75) is 32.2 Å². The summed E-state index contributed by atoms with van der Waals surface area (Å²) in [5, 5.41) is 0. The molecular weight excluding hydrogens is 288 g/mol. The van der Waals surface area contributed by atoms with Crippen LogP contribution in [0.5, 0.6) is 0 Å². The zero-order valence-electron chi connectivity index (χ0n) is 11.3. The van der Waals surface area contributed by atoms with Gasteiger partial charge in [0.05, 0.1) is 0 Å². The van der Waals surface area contributed by atoms with Crippen molar-refractivity contribution in [2.24, 2.45) is 11.7 Å². The Kier molecular flexibility index (Phi) is 4.82. The van der Waals surface area contributed by atoms with E-state index in [1.54, 1.807) is 0 Å². The van der Waals surface area contributed by atoms with Crippen molar-refractivity contribution in [1.29, 1.82) is 0 Å². The first-order chi connectivity index (χ1) is 8.61. The molecule has 0 bridgehead atoms. The van der Waals surface area contributed by atoms with Crippen molar-refractivity contribution in [3.05, 3.63) is 33.8 Å². The van der Waals surface area contributed by atoms with Crippen LogP contribution in [-0.4, -0.2) is 25.0 Å². The summed E-state index contributed by atoms with van der Waals surface area (Å²) in [6.07, 6.45) is 4.17. The van der Waals surface area contributed by atoms with Gasteiger partial charge in [-0.1, -0.05) is 34.5 Å². The molecule has 1 atom stereocenters. The van der Waals surface area contributed by atoms with Gasteiger partial charge in [0.2, 0.25) is 0 Å². The second-order valence-corrected chi connectivity index (χ2v) is 6.37. The largest absolute Gasteiger partial charge is 0.329 e. The zero-order valence-corrected chi connectivity index (χ0v) is 12.9. The number of hydrogen-bond donors (Lipinski definition) is 1. The van der Waals surface area contributed by atoms with E-state index in [-0.39, 0.29) is 0 Å². The Morgan fingerprint density at radius 3 is 2.67 bits per heavy atom. The van der Waals surface area contributed by atoms with Crippen LogP contribution in [-0.2, 0) is 0 Å². The van der Waals surface area contributed by atoms with Crippen LogP contribution >= 0.6 is 15.9 Å². The molecule has 0 amide bonds. The van der Waals surface area contributed by atoms with E-state index < -0.39 is 0 Å². The monoisotopic (exact) mass is 310 g/mol. The fourth-order valence-electron chi connectivity index (χ4n) is 2.66. The van der Waals surface area contributed by atoms with Gasteiger partial charge in [0, 0.05) is 23.6 Å². The second-order valence-electron chi connectivity index (χ2n) is 5.51. The molecule has 0 radical (unpaired) electrons. The highest BCUT2D eigenvalue weighted by molar-refractivity contribution is 9.10. The van der Waals surface area contributed by atoms with E-state index in [1.165, 1.54) is 41.4 Å². The SMILES string of the molecule is Cc1ccc(C(CN)N(C)CC2CCC2)c(Br)c1. The summed E-state index contributed by atoms with van der Waals surface area (Å²) in [6.45, 7) is 3.96. The Hall–Kier alpha value is -0.380. The van der Waals surface area contributed by atoms with Crippen LogP contribution in [0.3, 0.4) is 0 Å². The molecule has 1 unspecified atom stereocenters. The molecule has 0 heterocycles. The zero-order chi connectivity index (χ0) is 13.1. The van der Waals surface area contributed by atoms with E-state index in [1.807, 2.05) is 0 Å². The van der Waals surface area contributed by atoms with Gasteiger partial charge < -0.3 is 5.73 Å². The number of nitrogens with two attached hydrogens (primary N) is 1. The molecule has 1 aliphatic carbocycles. The maximum Gasteiger partial charge on any atom is 0.0478 e. The Morgan fingerprint density at radius 2 is 2.17 bits per heavy atom.